The maximum absolute atomic E-state index is 8.09. The topological polar surface area (TPSA) is 124 Å². The Bertz CT molecular complexity index is 3210. The predicted octanol–water partition coefficient (Wildman–Crippen LogP) is 16.0. The van der Waals surface area contributed by atoms with Crippen LogP contribution in [0.5, 0.6) is 0 Å². The molecule has 1 aliphatic carbocycles. The van der Waals surface area contributed by atoms with E-state index in [1.807, 2.05) is 72.8 Å². The normalized spacial score (nSPS) is 14.6. The van der Waals surface area contributed by atoms with Gasteiger partial charge in [-0.1, -0.05) is 219 Å². The van der Waals surface area contributed by atoms with Crippen LogP contribution in [0.4, 0.5) is 11.4 Å². The third-order valence-corrected chi connectivity index (χ3v) is 13.7. The number of fused-ring (bicyclic) bond motifs is 8. The van der Waals surface area contributed by atoms with Crippen LogP contribution in [0, 0.1) is 24.7 Å². The number of nitrogens with zero attached hydrogens (tertiary/aromatic N) is 1. The number of benzene rings is 8. The zero-order valence-corrected chi connectivity index (χ0v) is 43.1. The summed E-state index contributed by atoms with van der Waals surface area (Å²) in [5.74, 6) is 0.0688. The number of allylic oxidation sites excluding steroid dienone is 6. The highest BCUT2D eigenvalue weighted by molar-refractivity contribution is 8.03. The summed E-state index contributed by atoms with van der Waals surface area (Å²) < 4.78 is 0. The summed E-state index contributed by atoms with van der Waals surface area (Å²) in [6.07, 6.45) is 7.34. The van der Waals surface area contributed by atoms with Crippen molar-refractivity contribution in [3.05, 3.63) is 298 Å². The Morgan fingerprint density at radius 2 is 1.18 bits per heavy atom. The van der Waals surface area contributed by atoms with Gasteiger partial charge >= 0.3 is 0 Å². The van der Waals surface area contributed by atoms with Gasteiger partial charge in [-0.2, -0.15) is 0 Å². The zero-order chi connectivity index (χ0) is 52.2. The molecule has 2 aliphatic rings. The number of aryl methyl sites for hydroxylation is 2. The van der Waals surface area contributed by atoms with E-state index in [0.717, 1.165) is 57.7 Å². The lowest BCUT2D eigenvalue weighted by molar-refractivity contribution is 0.772. The van der Waals surface area contributed by atoms with Crippen molar-refractivity contribution in [1.29, 1.82) is 10.8 Å². The number of rotatable bonds is 8. The van der Waals surface area contributed by atoms with Crippen molar-refractivity contribution in [2.75, 3.05) is 5.32 Å². The van der Waals surface area contributed by atoms with E-state index >= 15 is 0 Å². The number of nitrogen functional groups attached to an aromatic ring is 1. The molecule has 0 saturated carbocycles. The lowest BCUT2D eigenvalue weighted by Gasteiger charge is -2.36. The van der Waals surface area contributed by atoms with Gasteiger partial charge in [0.2, 0.25) is 0 Å². The molecule has 0 bridgehead atoms. The molecule has 0 aromatic heterocycles. The van der Waals surface area contributed by atoms with Crippen molar-refractivity contribution in [2.45, 2.75) is 50.6 Å². The molecule has 10 rings (SSSR count). The number of nitrogens with one attached hydrogen (secondary N) is 3. The first-order chi connectivity index (χ1) is 35.5. The average molecular weight is 975 g/mol. The number of nitrogens with two attached hydrogens (primary N) is 2. The minimum absolute atomic E-state index is 0.0688. The third kappa shape index (κ3) is 13.3. The summed E-state index contributed by atoms with van der Waals surface area (Å²) in [4.78, 5) is 6.24. The fourth-order valence-corrected chi connectivity index (χ4v) is 10.00. The number of aliphatic imine (C=N–C) groups is 1. The lowest BCUT2D eigenvalue weighted by atomic mass is 9.67. The Morgan fingerprint density at radius 1 is 0.616 bits per heavy atom. The Balaban J connectivity index is 0.000000197. The number of anilines is 2. The van der Waals surface area contributed by atoms with Crippen molar-refractivity contribution in [2.24, 2.45) is 16.5 Å². The van der Waals surface area contributed by atoms with Crippen LogP contribution in [0.15, 0.2) is 252 Å². The maximum Gasteiger partial charge on any atom is 0.122 e. The molecule has 1 aliphatic heterocycles. The highest BCUT2D eigenvalue weighted by Crippen LogP contribution is 2.59. The van der Waals surface area contributed by atoms with Gasteiger partial charge in [0, 0.05) is 40.4 Å². The lowest BCUT2D eigenvalue weighted by Crippen LogP contribution is -2.29. The maximum atomic E-state index is 8.09. The van der Waals surface area contributed by atoms with Crippen molar-refractivity contribution < 1.29 is 0 Å². The first-order valence-corrected chi connectivity index (χ1v) is 25.0. The molecule has 366 valence electrons. The standard InChI is InChI=1S/C34H29N3.C16H16S.C8H9N.C7H9N.CH3N/c1-21-10-8-12-23(3)34(28-14-5-7-17-31(28)37-30-16-6-4-13-25(21)30)27-19-18-24(33(35)36)20-26(27)32-22(2)11-9-15-29(32)34;1-13-8-6-7-11-16(13)17-14(2)12-15-9-4-3-5-10-15;1-9-7-8-5-3-2-4-6-8;8-6-7-4-2-1-3-5-7;1-2/h4-20,37H,3H2,1-2H3,(H3,35,36);3-11H,2,12H2,1H3;2-6H,1,7H2;1-5H,6,8H2;2H,1H2/b12-8-,21-10+;;;;. The molecule has 0 fully saturated rings. The van der Waals surface area contributed by atoms with Crippen molar-refractivity contribution in [3.8, 4) is 11.1 Å². The summed E-state index contributed by atoms with van der Waals surface area (Å²) in [7, 11) is 0. The van der Waals surface area contributed by atoms with E-state index in [1.165, 1.54) is 54.3 Å². The van der Waals surface area contributed by atoms with Crippen molar-refractivity contribution in [3.63, 3.8) is 0 Å². The first kappa shape index (κ1) is 54.0. The smallest absolute Gasteiger partial charge is 0.122 e. The highest BCUT2D eigenvalue weighted by Gasteiger charge is 2.48. The highest BCUT2D eigenvalue weighted by atomic mass is 32.2. The van der Waals surface area contributed by atoms with Crippen LogP contribution in [0.2, 0.25) is 0 Å². The summed E-state index contributed by atoms with van der Waals surface area (Å²) in [5.41, 5.74) is 28.8. The second-order valence-electron chi connectivity index (χ2n) is 17.5. The fourth-order valence-electron chi connectivity index (χ4n) is 9.07. The second kappa shape index (κ2) is 26.7. The van der Waals surface area contributed by atoms with Crippen LogP contribution in [0.25, 0.3) is 16.7 Å². The SMILES string of the molecule is C=C(Cc1ccccc1)Sc1ccccc1C.C=C1/C=C\C=C(/C)c2ccccc2Nc2ccccc2C12c1ccc(C(=N)N)cc1-c1c(C)cccc12.C=N.C=NCc1ccccc1.NCc1ccccc1. The van der Waals surface area contributed by atoms with E-state index in [0.29, 0.717) is 6.54 Å². The molecule has 6 nitrogen and oxygen atoms in total. The summed E-state index contributed by atoms with van der Waals surface area (Å²) in [6, 6.07) is 68.6. The fraction of sp³-hybridized carbons (Fsp3) is 0.106. The number of thioether (sulfide) groups is 1. The Labute approximate surface area is 437 Å². The minimum Gasteiger partial charge on any atom is -0.384 e. The molecule has 1 atom stereocenters. The molecule has 8 aromatic rings. The van der Waals surface area contributed by atoms with Crippen molar-refractivity contribution in [1.82, 2.24) is 0 Å². The number of amidine groups is 1. The monoisotopic (exact) mass is 975 g/mol. The van der Waals surface area contributed by atoms with E-state index in [4.69, 9.17) is 28.9 Å². The third-order valence-electron chi connectivity index (χ3n) is 12.6. The summed E-state index contributed by atoms with van der Waals surface area (Å²) >= 11 is 1.77. The van der Waals surface area contributed by atoms with E-state index < -0.39 is 5.41 Å². The van der Waals surface area contributed by atoms with Gasteiger partial charge in [0.05, 0.1) is 12.0 Å². The van der Waals surface area contributed by atoms with Gasteiger partial charge in [-0.3, -0.25) is 10.4 Å². The number of para-hydroxylation sites is 2. The van der Waals surface area contributed by atoms with Gasteiger partial charge in [0.1, 0.15) is 5.84 Å². The Morgan fingerprint density at radius 3 is 1.81 bits per heavy atom. The van der Waals surface area contributed by atoms with Crippen molar-refractivity contribution >= 4 is 48.0 Å². The Hall–Kier alpha value is -8.36. The van der Waals surface area contributed by atoms with Crippen LogP contribution < -0.4 is 16.8 Å². The molecule has 7 heteroatoms. The molecule has 8 aromatic carbocycles. The largest absolute Gasteiger partial charge is 0.384 e. The van der Waals surface area contributed by atoms with Crippen LogP contribution in [0.3, 0.4) is 0 Å². The van der Waals surface area contributed by atoms with E-state index in [1.54, 1.807) is 11.8 Å². The number of hydrogen-bond donors (Lipinski definition) is 5. The average Bonchev–Trinajstić information content (AvgIpc) is 3.72. The number of hydrogen-bond acceptors (Lipinski definition) is 6. The first-order valence-electron chi connectivity index (χ1n) is 24.2. The molecule has 1 spiro atoms. The van der Waals surface area contributed by atoms with Crippen LogP contribution in [-0.4, -0.2) is 19.3 Å². The van der Waals surface area contributed by atoms with Gasteiger partial charge in [-0.15, -0.1) is 0 Å². The molecule has 0 saturated heterocycles. The zero-order valence-electron chi connectivity index (χ0n) is 42.2. The molecule has 1 unspecified atom stereocenters. The molecule has 0 radical (unpaired) electrons. The van der Waals surface area contributed by atoms with E-state index in [9.17, 15) is 0 Å². The van der Waals surface area contributed by atoms with E-state index in [2.05, 4.69) is 197 Å². The minimum atomic E-state index is -0.618. The molecule has 0 amide bonds. The van der Waals surface area contributed by atoms with Gasteiger partial charge < -0.3 is 22.2 Å². The van der Waals surface area contributed by atoms with Crippen LogP contribution in [0.1, 0.15) is 62.6 Å². The van der Waals surface area contributed by atoms with Gasteiger partial charge in [-0.25, -0.2) is 0 Å². The Kier molecular flexibility index (Phi) is 19.8. The molecular formula is C66H66N6S. The van der Waals surface area contributed by atoms with E-state index in [-0.39, 0.29) is 5.84 Å². The molecule has 7 N–H and O–H groups in total. The van der Waals surface area contributed by atoms with Crippen LogP contribution >= 0.6 is 11.8 Å². The molecule has 73 heavy (non-hydrogen) atoms. The second-order valence-corrected chi connectivity index (χ2v) is 18.7. The summed E-state index contributed by atoms with van der Waals surface area (Å²) in [5, 5.41) is 17.4. The quantitative estimate of drug-likeness (QED) is 0.0591. The van der Waals surface area contributed by atoms with Crippen LogP contribution in [-0.2, 0) is 24.9 Å². The predicted molar refractivity (Wildman–Crippen MR) is 316 cm³/mol. The summed E-state index contributed by atoms with van der Waals surface area (Å²) in [6.45, 7) is 22.5. The molecular weight excluding hydrogens is 909 g/mol. The van der Waals surface area contributed by atoms with Gasteiger partial charge in [-0.05, 0) is 130 Å². The van der Waals surface area contributed by atoms with Gasteiger partial charge in [0.15, 0.2) is 0 Å². The molecule has 1 heterocycles. The van der Waals surface area contributed by atoms with Gasteiger partial charge in [0.25, 0.3) is 0 Å².